The number of hydrogen-bond donors (Lipinski definition) is 1. The smallest absolute Gasteiger partial charge is 0.123 e. The molecule has 0 aromatic heterocycles. The number of piperidine rings is 1. The van der Waals surface area contributed by atoms with E-state index in [1.54, 1.807) is 6.07 Å². The van der Waals surface area contributed by atoms with E-state index in [4.69, 9.17) is 0 Å². The summed E-state index contributed by atoms with van der Waals surface area (Å²) in [6.45, 7) is 4.12. The molecule has 2 aliphatic rings. The first-order chi connectivity index (χ1) is 9.06. The Balaban J connectivity index is 1.74. The molecule has 2 nitrogen and oxygen atoms in total. The lowest BCUT2D eigenvalue weighted by Crippen LogP contribution is -2.48. The Bertz CT molecular complexity index is 476. The first-order valence-corrected chi connectivity index (χ1v) is 7.27. The van der Waals surface area contributed by atoms with Gasteiger partial charge in [-0.2, -0.15) is 0 Å². The van der Waals surface area contributed by atoms with Gasteiger partial charge in [0, 0.05) is 19.0 Å². The molecule has 2 aliphatic heterocycles. The number of hydrogen-bond acceptors (Lipinski definition) is 2. The van der Waals surface area contributed by atoms with E-state index in [-0.39, 0.29) is 5.82 Å². The molecule has 0 bridgehead atoms. The summed E-state index contributed by atoms with van der Waals surface area (Å²) in [6.07, 6.45) is 4.83. The molecular weight excluding hydrogens is 241 g/mol. The van der Waals surface area contributed by atoms with Crippen molar-refractivity contribution in [1.82, 2.24) is 4.90 Å². The van der Waals surface area contributed by atoms with Gasteiger partial charge in [0.1, 0.15) is 5.82 Å². The second-order valence-electron chi connectivity index (χ2n) is 6.26. The molecule has 0 spiro atoms. The van der Waals surface area contributed by atoms with Gasteiger partial charge >= 0.3 is 0 Å². The molecule has 2 heterocycles. The summed E-state index contributed by atoms with van der Waals surface area (Å²) in [5.41, 5.74) is 1.42. The fourth-order valence-corrected chi connectivity index (χ4v) is 3.69. The van der Waals surface area contributed by atoms with Gasteiger partial charge < -0.3 is 10.0 Å². The highest BCUT2D eigenvalue weighted by atomic mass is 19.1. The van der Waals surface area contributed by atoms with Crippen LogP contribution in [0.15, 0.2) is 18.2 Å². The minimum absolute atomic E-state index is 0.196. The van der Waals surface area contributed by atoms with Gasteiger partial charge in [-0.3, -0.25) is 0 Å². The van der Waals surface area contributed by atoms with Crippen LogP contribution in [0.1, 0.15) is 36.8 Å². The van der Waals surface area contributed by atoms with E-state index in [0.717, 1.165) is 30.5 Å². The van der Waals surface area contributed by atoms with Crippen LogP contribution in [-0.2, 0) is 6.42 Å². The molecule has 0 radical (unpaired) electrons. The maximum absolute atomic E-state index is 13.1. The number of rotatable bonds is 2. The third-order valence-corrected chi connectivity index (χ3v) is 4.80. The molecule has 19 heavy (non-hydrogen) atoms. The fourth-order valence-electron chi connectivity index (χ4n) is 3.69. The van der Waals surface area contributed by atoms with E-state index in [1.165, 1.54) is 25.5 Å². The number of aliphatic hydroxyl groups is 1. The summed E-state index contributed by atoms with van der Waals surface area (Å²) >= 11 is 0. The molecule has 104 valence electrons. The van der Waals surface area contributed by atoms with E-state index in [0.29, 0.717) is 12.5 Å². The molecule has 0 saturated carbocycles. The van der Waals surface area contributed by atoms with Crippen LogP contribution in [0.3, 0.4) is 0 Å². The van der Waals surface area contributed by atoms with Crippen molar-refractivity contribution < 1.29 is 9.50 Å². The molecule has 0 amide bonds. The van der Waals surface area contributed by atoms with Crippen molar-refractivity contribution in [2.24, 2.45) is 0 Å². The Kier molecular flexibility index (Phi) is 3.35. The van der Waals surface area contributed by atoms with E-state index < -0.39 is 5.60 Å². The van der Waals surface area contributed by atoms with Crippen LogP contribution < -0.4 is 0 Å². The largest absolute Gasteiger partial charge is 0.389 e. The average molecular weight is 263 g/mol. The van der Waals surface area contributed by atoms with E-state index in [1.807, 2.05) is 13.0 Å². The van der Waals surface area contributed by atoms with Crippen LogP contribution in [-0.4, -0.2) is 34.7 Å². The first kappa shape index (κ1) is 13.1. The molecular formula is C16H22FNO. The van der Waals surface area contributed by atoms with Crippen LogP contribution in [0.4, 0.5) is 4.39 Å². The summed E-state index contributed by atoms with van der Waals surface area (Å²) in [7, 11) is 0. The SMILES string of the molecule is Cc1cc(F)ccc1CC1(O)CCN2CCCC2C1. The topological polar surface area (TPSA) is 23.5 Å². The molecule has 1 aromatic carbocycles. The zero-order valence-electron chi connectivity index (χ0n) is 11.5. The highest BCUT2D eigenvalue weighted by molar-refractivity contribution is 5.28. The maximum Gasteiger partial charge on any atom is 0.123 e. The molecule has 3 rings (SSSR count). The monoisotopic (exact) mass is 263 g/mol. The highest BCUT2D eigenvalue weighted by Gasteiger charge is 2.40. The summed E-state index contributed by atoms with van der Waals surface area (Å²) in [4.78, 5) is 2.51. The normalized spacial score (nSPS) is 31.4. The van der Waals surface area contributed by atoms with Crippen LogP contribution in [0.25, 0.3) is 0 Å². The van der Waals surface area contributed by atoms with Crippen LogP contribution in [0.5, 0.6) is 0 Å². The van der Waals surface area contributed by atoms with Crippen molar-refractivity contribution >= 4 is 0 Å². The van der Waals surface area contributed by atoms with Crippen molar-refractivity contribution in [3.05, 3.63) is 35.1 Å². The molecule has 2 fully saturated rings. The number of aryl methyl sites for hydroxylation is 1. The Morgan fingerprint density at radius 3 is 3.05 bits per heavy atom. The molecule has 1 aromatic rings. The lowest BCUT2D eigenvalue weighted by molar-refractivity contribution is -0.0355. The maximum atomic E-state index is 13.1. The van der Waals surface area contributed by atoms with Crippen molar-refractivity contribution in [1.29, 1.82) is 0 Å². The predicted molar refractivity (Wildman–Crippen MR) is 73.6 cm³/mol. The summed E-state index contributed by atoms with van der Waals surface area (Å²) in [6, 6.07) is 5.43. The Morgan fingerprint density at radius 2 is 2.26 bits per heavy atom. The van der Waals surface area contributed by atoms with Gasteiger partial charge in [0.25, 0.3) is 0 Å². The summed E-state index contributed by atoms with van der Waals surface area (Å²) in [5.74, 6) is -0.196. The van der Waals surface area contributed by atoms with E-state index in [9.17, 15) is 9.50 Å². The lowest BCUT2D eigenvalue weighted by atomic mass is 9.81. The second kappa shape index (κ2) is 4.88. The number of halogens is 1. The summed E-state index contributed by atoms with van der Waals surface area (Å²) < 4.78 is 13.1. The minimum atomic E-state index is -0.603. The van der Waals surface area contributed by atoms with Gasteiger partial charge in [-0.15, -0.1) is 0 Å². The third-order valence-electron chi connectivity index (χ3n) is 4.80. The van der Waals surface area contributed by atoms with E-state index >= 15 is 0 Å². The van der Waals surface area contributed by atoms with Gasteiger partial charge in [-0.25, -0.2) is 4.39 Å². The lowest BCUT2D eigenvalue weighted by Gasteiger charge is -2.41. The molecule has 2 unspecified atom stereocenters. The second-order valence-corrected chi connectivity index (χ2v) is 6.26. The first-order valence-electron chi connectivity index (χ1n) is 7.27. The van der Waals surface area contributed by atoms with Gasteiger partial charge in [-0.1, -0.05) is 6.07 Å². The van der Waals surface area contributed by atoms with Crippen LogP contribution >= 0.6 is 0 Å². The Labute approximate surface area is 114 Å². The van der Waals surface area contributed by atoms with E-state index in [2.05, 4.69) is 4.90 Å². The van der Waals surface area contributed by atoms with Crippen LogP contribution in [0, 0.1) is 12.7 Å². The molecule has 3 heteroatoms. The standard InChI is InChI=1S/C16H22FNO/c1-12-9-14(17)5-4-13(12)10-16(19)6-8-18-7-2-3-15(18)11-16/h4-5,9,15,19H,2-3,6-8,10-11H2,1H3. The molecule has 2 saturated heterocycles. The minimum Gasteiger partial charge on any atom is -0.389 e. The zero-order valence-corrected chi connectivity index (χ0v) is 11.5. The fraction of sp³-hybridized carbons (Fsp3) is 0.625. The molecule has 2 atom stereocenters. The van der Waals surface area contributed by atoms with Crippen molar-refractivity contribution in [2.75, 3.05) is 13.1 Å². The number of nitrogens with zero attached hydrogens (tertiary/aromatic N) is 1. The molecule has 1 N–H and O–H groups in total. The van der Waals surface area contributed by atoms with Gasteiger partial charge in [0.2, 0.25) is 0 Å². The number of fused-ring (bicyclic) bond motifs is 1. The average Bonchev–Trinajstić information content (AvgIpc) is 2.79. The van der Waals surface area contributed by atoms with Crippen LogP contribution in [0.2, 0.25) is 0 Å². The Hall–Kier alpha value is -0.930. The van der Waals surface area contributed by atoms with Gasteiger partial charge in [0.15, 0.2) is 0 Å². The third kappa shape index (κ3) is 2.67. The predicted octanol–water partition coefficient (Wildman–Crippen LogP) is 2.67. The van der Waals surface area contributed by atoms with Gasteiger partial charge in [0.05, 0.1) is 5.60 Å². The quantitative estimate of drug-likeness (QED) is 0.886. The zero-order chi connectivity index (χ0) is 13.5. The summed E-state index contributed by atoms with van der Waals surface area (Å²) in [5, 5.41) is 10.8. The van der Waals surface area contributed by atoms with Crippen molar-refractivity contribution in [2.45, 2.75) is 50.7 Å². The van der Waals surface area contributed by atoms with Crippen molar-refractivity contribution in [3.63, 3.8) is 0 Å². The van der Waals surface area contributed by atoms with Gasteiger partial charge in [-0.05, 0) is 62.4 Å². The van der Waals surface area contributed by atoms with Crippen molar-refractivity contribution in [3.8, 4) is 0 Å². The molecule has 0 aliphatic carbocycles. The highest BCUT2D eigenvalue weighted by Crippen LogP contribution is 2.35. The number of benzene rings is 1. The Morgan fingerprint density at radius 1 is 1.42 bits per heavy atom.